The van der Waals surface area contributed by atoms with Gasteiger partial charge in [0.2, 0.25) is 0 Å². The molecule has 0 unspecified atom stereocenters. The van der Waals surface area contributed by atoms with Gasteiger partial charge in [-0.3, -0.25) is 5.32 Å². The smallest absolute Gasteiger partial charge is 0.411 e. The molecule has 0 aromatic heterocycles. The Morgan fingerprint density at radius 3 is 2.17 bits per heavy atom. The molecule has 128 valence electrons. The molecule has 0 radical (unpaired) electrons. The first-order valence-corrected chi connectivity index (χ1v) is 9.00. The molecule has 1 aromatic carbocycles. The molecule has 1 N–H and O–H groups in total. The van der Waals surface area contributed by atoms with Crippen LogP contribution in [0.2, 0.25) is 0 Å². The van der Waals surface area contributed by atoms with Gasteiger partial charge >= 0.3 is 6.09 Å². The Morgan fingerprint density at radius 1 is 1.09 bits per heavy atom. The lowest BCUT2D eigenvalue weighted by Crippen LogP contribution is -2.30. The number of nitrogens with one attached hydrogen (secondary N) is 1. The Hall–Kier alpha value is -1.51. The van der Waals surface area contributed by atoms with Crippen LogP contribution < -0.4 is 5.32 Å². The van der Waals surface area contributed by atoms with Crippen LogP contribution in [-0.4, -0.2) is 12.2 Å². The number of hydrogen-bond acceptors (Lipinski definition) is 2. The number of hydrogen-bond donors (Lipinski definition) is 1. The lowest BCUT2D eigenvalue weighted by atomic mass is 9.88. The van der Waals surface area contributed by atoms with Crippen molar-refractivity contribution in [2.75, 3.05) is 5.32 Å². The van der Waals surface area contributed by atoms with Gasteiger partial charge in [0, 0.05) is 0 Å². The number of carbonyl (C=O) groups excluding carboxylic acids is 1. The van der Waals surface area contributed by atoms with E-state index in [1.807, 2.05) is 0 Å². The van der Waals surface area contributed by atoms with Crippen molar-refractivity contribution >= 4 is 11.8 Å². The van der Waals surface area contributed by atoms with Crippen molar-refractivity contribution in [3.05, 3.63) is 29.3 Å². The first-order chi connectivity index (χ1) is 10.9. The molecule has 23 heavy (non-hydrogen) atoms. The maximum absolute atomic E-state index is 12.4. The fourth-order valence-corrected chi connectivity index (χ4v) is 3.42. The average molecular weight is 317 g/mol. The van der Waals surface area contributed by atoms with Crippen LogP contribution in [0.3, 0.4) is 0 Å². The number of anilines is 1. The molecule has 0 spiro atoms. The summed E-state index contributed by atoms with van der Waals surface area (Å²) in [5, 5.41) is 3.05. The van der Waals surface area contributed by atoms with E-state index in [1.54, 1.807) is 0 Å². The maximum atomic E-state index is 12.4. The molecule has 2 atom stereocenters. The van der Waals surface area contributed by atoms with Gasteiger partial charge in [-0.15, -0.1) is 0 Å². The summed E-state index contributed by atoms with van der Waals surface area (Å²) in [5.74, 6) is 1.18. The molecule has 0 aliphatic heterocycles. The first kappa shape index (κ1) is 17.8. The molecule has 3 nitrogen and oxygen atoms in total. The predicted octanol–water partition coefficient (Wildman–Crippen LogP) is 6.06. The van der Waals surface area contributed by atoms with Gasteiger partial charge in [-0.05, 0) is 48.1 Å². The van der Waals surface area contributed by atoms with Gasteiger partial charge in [0.05, 0.1) is 5.69 Å². The highest BCUT2D eigenvalue weighted by Crippen LogP contribution is 2.33. The molecular weight excluding hydrogens is 286 g/mol. The number of para-hydroxylation sites is 1. The Bertz CT molecular complexity index is 510. The van der Waals surface area contributed by atoms with Crippen molar-refractivity contribution in [1.82, 2.24) is 0 Å². The van der Waals surface area contributed by atoms with E-state index in [-0.39, 0.29) is 12.2 Å². The van der Waals surface area contributed by atoms with Crippen molar-refractivity contribution in [3.8, 4) is 0 Å². The highest BCUT2D eigenvalue weighted by atomic mass is 16.6. The molecule has 1 fully saturated rings. The minimum Gasteiger partial charge on any atom is -0.446 e. The van der Waals surface area contributed by atoms with Crippen molar-refractivity contribution in [3.63, 3.8) is 0 Å². The van der Waals surface area contributed by atoms with Crippen LogP contribution in [-0.2, 0) is 4.74 Å². The number of amides is 1. The van der Waals surface area contributed by atoms with Crippen LogP contribution in [0.15, 0.2) is 18.2 Å². The summed E-state index contributed by atoms with van der Waals surface area (Å²) in [6.45, 7) is 10.8. The van der Waals surface area contributed by atoms with Gasteiger partial charge in [-0.2, -0.15) is 0 Å². The summed E-state index contributed by atoms with van der Waals surface area (Å²) in [6, 6.07) is 6.26. The van der Waals surface area contributed by atoms with Crippen LogP contribution in [0.4, 0.5) is 10.5 Å². The molecule has 1 saturated carbocycles. The highest BCUT2D eigenvalue weighted by Gasteiger charge is 2.25. The van der Waals surface area contributed by atoms with E-state index in [4.69, 9.17) is 4.74 Å². The Morgan fingerprint density at radius 2 is 1.65 bits per heavy atom. The zero-order valence-corrected chi connectivity index (χ0v) is 15.2. The number of carbonyl (C=O) groups is 1. The summed E-state index contributed by atoms with van der Waals surface area (Å²) in [7, 11) is 0. The molecule has 1 aliphatic carbocycles. The fraction of sp³-hybridized carbons (Fsp3) is 0.650. The quantitative estimate of drug-likeness (QED) is 0.733. The molecule has 2 rings (SSSR count). The van der Waals surface area contributed by atoms with Gasteiger partial charge in [0.15, 0.2) is 0 Å². The Kier molecular flexibility index (Phi) is 6.09. The Balaban J connectivity index is 2.16. The summed E-state index contributed by atoms with van der Waals surface area (Å²) in [6.07, 6.45) is 4.28. The molecule has 3 heteroatoms. The number of rotatable bonds is 4. The van der Waals surface area contributed by atoms with E-state index in [1.165, 1.54) is 17.5 Å². The molecule has 1 aliphatic rings. The van der Waals surface area contributed by atoms with Crippen molar-refractivity contribution in [1.29, 1.82) is 0 Å². The maximum Gasteiger partial charge on any atom is 0.411 e. The Labute approximate surface area is 140 Å². The summed E-state index contributed by atoms with van der Waals surface area (Å²) >= 11 is 0. The minimum absolute atomic E-state index is 0.0532. The zero-order valence-electron chi connectivity index (χ0n) is 15.2. The predicted molar refractivity (Wildman–Crippen MR) is 96.1 cm³/mol. The SMILES string of the molecule is CC(C)c1cccc(C(C)C)c1NC(=O)O[C@@H]1CCCC[C@@H]1C. The van der Waals surface area contributed by atoms with Crippen molar-refractivity contribution in [2.45, 2.75) is 78.2 Å². The van der Waals surface area contributed by atoms with E-state index in [0.717, 1.165) is 24.9 Å². The largest absolute Gasteiger partial charge is 0.446 e. The lowest BCUT2D eigenvalue weighted by molar-refractivity contribution is 0.0524. The standard InChI is InChI=1S/C20H31NO2/c1-13(2)16-10-8-11-17(14(3)4)19(16)21-20(22)23-18-12-7-6-9-15(18)5/h8,10-11,13-15,18H,6-7,9,12H2,1-5H3,(H,21,22)/t15-,18+/m0/s1. The highest BCUT2D eigenvalue weighted by molar-refractivity contribution is 5.87. The van der Waals surface area contributed by atoms with E-state index in [0.29, 0.717) is 17.8 Å². The van der Waals surface area contributed by atoms with Gasteiger partial charge in [0.25, 0.3) is 0 Å². The van der Waals surface area contributed by atoms with E-state index in [9.17, 15) is 4.79 Å². The van der Waals surface area contributed by atoms with E-state index < -0.39 is 0 Å². The zero-order chi connectivity index (χ0) is 17.0. The number of benzene rings is 1. The van der Waals surface area contributed by atoms with Gasteiger partial charge < -0.3 is 4.74 Å². The van der Waals surface area contributed by atoms with Crippen LogP contribution in [0.5, 0.6) is 0 Å². The molecule has 0 saturated heterocycles. The van der Waals surface area contributed by atoms with E-state index >= 15 is 0 Å². The minimum atomic E-state index is -0.307. The van der Waals surface area contributed by atoms with Crippen molar-refractivity contribution in [2.24, 2.45) is 5.92 Å². The molecule has 0 heterocycles. The van der Waals surface area contributed by atoms with Crippen LogP contribution in [0.1, 0.15) is 83.3 Å². The van der Waals surface area contributed by atoms with E-state index in [2.05, 4.69) is 58.1 Å². The summed E-state index contributed by atoms with van der Waals surface area (Å²) in [5.41, 5.74) is 3.28. The number of ether oxygens (including phenoxy) is 1. The average Bonchev–Trinajstić information content (AvgIpc) is 2.49. The van der Waals surface area contributed by atoms with Crippen LogP contribution in [0, 0.1) is 5.92 Å². The van der Waals surface area contributed by atoms with Crippen LogP contribution >= 0.6 is 0 Å². The normalized spacial score (nSPS) is 21.5. The second-order valence-electron chi connectivity index (χ2n) is 7.45. The topological polar surface area (TPSA) is 38.3 Å². The molecule has 1 amide bonds. The van der Waals surface area contributed by atoms with Crippen molar-refractivity contribution < 1.29 is 9.53 Å². The summed E-state index contributed by atoms with van der Waals surface area (Å²) < 4.78 is 5.73. The lowest BCUT2D eigenvalue weighted by Gasteiger charge is -2.29. The molecule has 1 aromatic rings. The first-order valence-electron chi connectivity index (χ1n) is 9.00. The second-order valence-corrected chi connectivity index (χ2v) is 7.45. The molecular formula is C20H31NO2. The second kappa shape index (κ2) is 7.85. The third-order valence-corrected chi connectivity index (χ3v) is 4.89. The fourth-order valence-electron chi connectivity index (χ4n) is 3.42. The van der Waals surface area contributed by atoms with Gasteiger partial charge in [-0.25, -0.2) is 4.79 Å². The summed E-state index contributed by atoms with van der Waals surface area (Å²) in [4.78, 5) is 12.4. The monoisotopic (exact) mass is 317 g/mol. The third kappa shape index (κ3) is 4.49. The third-order valence-electron chi connectivity index (χ3n) is 4.89. The molecule has 0 bridgehead atoms. The van der Waals surface area contributed by atoms with Gasteiger partial charge in [0.1, 0.15) is 6.10 Å². The van der Waals surface area contributed by atoms with Gasteiger partial charge in [-0.1, -0.05) is 59.2 Å². The van der Waals surface area contributed by atoms with Crippen LogP contribution in [0.25, 0.3) is 0 Å².